The molecule has 0 bridgehead atoms. The first-order chi connectivity index (χ1) is 10.7. The molecule has 1 heterocycles. The Bertz CT molecular complexity index is 487. The second-order valence-electron chi connectivity index (χ2n) is 5.67. The number of aliphatic hydroxyl groups is 1. The lowest BCUT2D eigenvalue weighted by atomic mass is 9.81. The highest BCUT2D eigenvalue weighted by Gasteiger charge is 2.32. The second kappa shape index (κ2) is 8.12. The molecule has 1 saturated heterocycles. The number of rotatable bonds is 6. The molecule has 1 aliphatic rings. The van der Waals surface area contributed by atoms with Gasteiger partial charge in [-0.15, -0.1) is 0 Å². The number of ether oxygens (including phenoxy) is 2. The highest BCUT2D eigenvalue weighted by molar-refractivity contribution is 5.90. The SMILES string of the molecule is COCc1ccccc1NC(=O)NCC1(CO)CCOCC1. The molecule has 2 amide bonds. The minimum absolute atomic E-state index is 0.0525. The number of anilines is 1. The molecular weight excluding hydrogens is 284 g/mol. The average molecular weight is 308 g/mol. The number of urea groups is 1. The van der Waals surface area contributed by atoms with Crippen molar-refractivity contribution in [3.63, 3.8) is 0 Å². The Morgan fingerprint density at radius 2 is 2.09 bits per heavy atom. The van der Waals surface area contributed by atoms with Crippen LogP contribution in [0.3, 0.4) is 0 Å². The average Bonchev–Trinajstić information content (AvgIpc) is 2.56. The molecular formula is C16H24N2O4. The van der Waals surface area contributed by atoms with Crippen LogP contribution in [-0.4, -0.2) is 44.6 Å². The van der Waals surface area contributed by atoms with Gasteiger partial charge in [0.1, 0.15) is 0 Å². The van der Waals surface area contributed by atoms with Crippen LogP contribution in [0.2, 0.25) is 0 Å². The van der Waals surface area contributed by atoms with Crippen molar-refractivity contribution < 1.29 is 19.4 Å². The van der Waals surface area contributed by atoms with Crippen LogP contribution in [0.5, 0.6) is 0 Å². The predicted molar refractivity (Wildman–Crippen MR) is 83.7 cm³/mol. The molecule has 0 aliphatic carbocycles. The van der Waals surface area contributed by atoms with E-state index in [1.807, 2.05) is 24.3 Å². The molecule has 122 valence electrons. The highest BCUT2D eigenvalue weighted by atomic mass is 16.5. The Hall–Kier alpha value is -1.63. The number of para-hydroxylation sites is 1. The van der Waals surface area contributed by atoms with Gasteiger partial charge in [0.05, 0.1) is 13.2 Å². The molecule has 1 fully saturated rings. The van der Waals surface area contributed by atoms with E-state index in [1.54, 1.807) is 7.11 Å². The zero-order valence-electron chi connectivity index (χ0n) is 12.9. The number of carbonyl (C=O) groups is 1. The van der Waals surface area contributed by atoms with Gasteiger partial charge in [-0.25, -0.2) is 4.79 Å². The molecule has 0 spiro atoms. The highest BCUT2D eigenvalue weighted by Crippen LogP contribution is 2.29. The Balaban J connectivity index is 1.90. The Morgan fingerprint density at radius 1 is 1.36 bits per heavy atom. The molecule has 6 heteroatoms. The van der Waals surface area contributed by atoms with Crippen LogP contribution in [-0.2, 0) is 16.1 Å². The monoisotopic (exact) mass is 308 g/mol. The summed E-state index contributed by atoms with van der Waals surface area (Å²) >= 11 is 0. The van der Waals surface area contributed by atoms with Crippen LogP contribution < -0.4 is 10.6 Å². The van der Waals surface area contributed by atoms with E-state index in [1.165, 1.54) is 0 Å². The minimum atomic E-state index is -0.276. The van der Waals surface area contributed by atoms with E-state index in [9.17, 15) is 9.90 Å². The lowest BCUT2D eigenvalue weighted by Gasteiger charge is -2.35. The number of aliphatic hydroxyl groups excluding tert-OH is 1. The fourth-order valence-corrected chi connectivity index (χ4v) is 2.55. The third-order valence-corrected chi connectivity index (χ3v) is 4.08. The Labute approximate surface area is 130 Å². The number of hydrogen-bond acceptors (Lipinski definition) is 4. The quantitative estimate of drug-likeness (QED) is 0.748. The number of carbonyl (C=O) groups excluding carboxylic acids is 1. The zero-order valence-corrected chi connectivity index (χ0v) is 12.9. The Kier molecular flexibility index (Phi) is 6.18. The topological polar surface area (TPSA) is 79.8 Å². The molecule has 22 heavy (non-hydrogen) atoms. The van der Waals surface area contributed by atoms with Gasteiger partial charge in [0.15, 0.2) is 0 Å². The van der Waals surface area contributed by atoms with Crippen molar-refractivity contribution in [3.05, 3.63) is 29.8 Å². The summed E-state index contributed by atoms with van der Waals surface area (Å²) in [5.41, 5.74) is 1.37. The van der Waals surface area contributed by atoms with Gasteiger partial charge in [-0.2, -0.15) is 0 Å². The van der Waals surface area contributed by atoms with E-state index in [2.05, 4.69) is 10.6 Å². The third-order valence-electron chi connectivity index (χ3n) is 4.08. The van der Waals surface area contributed by atoms with Crippen molar-refractivity contribution in [2.45, 2.75) is 19.4 Å². The van der Waals surface area contributed by atoms with Crippen LogP contribution in [0.1, 0.15) is 18.4 Å². The first kappa shape index (κ1) is 16.7. The summed E-state index contributed by atoms with van der Waals surface area (Å²) in [6.45, 7) is 2.18. The van der Waals surface area contributed by atoms with Crippen molar-refractivity contribution in [1.82, 2.24) is 5.32 Å². The number of hydrogen-bond donors (Lipinski definition) is 3. The fraction of sp³-hybridized carbons (Fsp3) is 0.562. The van der Waals surface area contributed by atoms with Gasteiger partial charge in [-0.3, -0.25) is 0 Å². The first-order valence-corrected chi connectivity index (χ1v) is 7.49. The molecule has 0 aromatic heterocycles. The molecule has 0 unspecified atom stereocenters. The maximum absolute atomic E-state index is 12.1. The molecule has 2 rings (SSSR count). The van der Waals surface area contributed by atoms with Crippen molar-refractivity contribution in [2.24, 2.45) is 5.41 Å². The molecule has 0 saturated carbocycles. The largest absolute Gasteiger partial charge is 0.396 e. The molecule has 1 aromatic rings. The lowest BCUT2D eigenvalue weighted by Crippen LogP contribution is -2.44. The van der Waals surface area contributed by atoms with Gasteiger partial charge >= 0.3 is 6.03 Å². The minimum Gasteiger partial charge on any atom is -0.396 e. The number of amides is 2. The number of nitrogens with one attached hydrogen (secondary N) is 2. The molecule has 0 atom stereocenters. The first-order valence-electron chi connectivity index (χ1n) is 7.49. The van der Waals surface area contributed by atoms with Crippen LogP contribution in [0.15, 0.2) is 24.3 Å². The van der Waals surface area contributed by atoms with Gasteiger partial charge in [0, 0.05) is 43.5 Å². The maximum Gasteiger partial charge on any atom is 0.319 e. The molecule has 6 nitrogen and oxygen atoms in total. The lowest BCUT2D eigenvalue weighted by molar-refractivity contribution is -0.0136. The maximum atomic E-state index is 12.1. The van der Waals surface area contributed by atoms with Crippen molar-refractivity contribution >= 4 is 11.7 Å². The number of benzene rings is 1. The van der Waals surface area contributed by atoms with Gasteiger partial charge < -0.3 is 25.2 Å². The third kappa shape index (κ3) is 4.43. The predicted octanol–water partition coefficient (Wildman–Crippen LogP) is 1.74. The van der Waals surface area contributed by atoms with Crippen LogP contribution in [0.25, 0.3) is 0 Å². The van der Waals surface area contributed by atoms with Crippen LogP contribution in [0.4, 0.5) is 10.5 Å². The smallest absolute Gasteiger partial charge is 0.319 e. The molecule has 3 N–H and O–H groups in total. The van der Waals surface area contributed by atoms with Gasteiger partial charge in [0.25, 0.3) is 0 Å². The molecule has 0 radical (unpaired) electrons. The van der Waals surface area contributed by atoms with Crippen LogP contribution >= 0.6 is 0 Å². The van der Waals surface area contributed by atoms with Crippen molar-refractivity contribution in [2.75, 3.05) is 38.8 Å². The van der Waals surface area contributed by atoms with Crippen LogP contribution in [0, 0.1) is 5.41 Å². The van der Waals surface area contributed by atoms with Gasteiger partial charge in [-0.1, -0.05) is 18.2 Å². The van der Waals surface area contributed by atoms with Gasteiger partial charge in [0.2, 0.25) is 0 Å². The standard InChI is InChI=1S/C16H24N2O4/c1-21-10-13-4-2-3-5-14(13)18-15(20)17-11-16(12-19)6-8-22-9-7-16/h2-5,19H,6-12H2,1H3,(H2,17,18,20). The summed E-state index contributed by atoms with van der Waals surface area (Å²) in [5.74, 6) is 0. The number of methoxy groups -OCH3 is 1. The summed E-state index contributed by atoms with van der Waals surface area (Å²) in [7, 11) is 1.62. The fourth-order valence-electron chi connectivity index (χ4n) is 2.55. The van der Waals surface area contributed by atoms with E-state index in [-0.39, 0.29) is 18.1 Å². The summed E-state index contributed by atoms with van der Waals surface area (Å²) < 4.78 is 10.4. The van der Waals surface area contributed by atoms with E-state index in [0.717, 1.165) is 24.1 Å². The van der Waals surface area contributed by atoms with Crippen molar-refractivity contribution in [3.8, 4) is 0 Å². The summed E-state index contributed by atoms with van der Waals surface area (Å²) in [4.78, 5) is 12.1. The summed E-state index contributed by atoms with van der Waals surface area (Å²) in [6, 6.07) is 7.24. The van der Waals surface area contributed by atoms with E-state index >= 15 is 0 Å². The molecule has 1 aromatic carbocycles. The normalized spacial score (nSPS) is 17.0. The zero-order chi connectivity index (χ0) is 15.8. The Morgan fingerprint density at radius 3 is 2.77 bits per heavy atom. The summed E-state index contributed by atoms with van der Waals surface area (Å²) in [6.07, 6.45) is 1.51. The van der Waals surface area contributed by atoms with E-state index in [4.69, 9.17) is 9.47 Å². The van der Waals surface area contributed by atoms with E-state index < -0.39 is 0 Å². The van der Waals surface area contributed by atoms with Crippen molar-refractivity contribution in [1.29, 1.82) is 0 Å². The van der Waals surface area contributed by atoms with Gasteiger partial charge in [-0.05, 0) is 18.9 Å². The summed E-state index contributed by atoms with van der Waals surface area (Å²) in [5, 5.41) is 15.3. The molecule has 1 aliphatic heterocycles. The van der Waals surface area contributed by atoms with E-state index in [0.29, 0.717) is 26.4 Å². The second-order valence-corrected chi connectivity index (χ2v) is 5.67.